The number of nitrogens with zero attached hydrogens (tertiary/aromatic N) is 3. The van der Waals surface area contributed by atoms with E-state index in [1.807, 2.05) is 24.7 Å². The Morgan fingerprint density at radius 3 is 2.79 bits per heavy atom. The summed E-state index contributed by atoms with van der Waals surface area (Å²) in [5.74, 6) is 0. The highest BCUT2D eigenvalue weighted by Crippen LogP contribution is 2.04. The predicted molar refractivity (Wildman–Crippen MR) is 56.1 cm³/mol. The quantitative estimate of drug-likeness (QED) is 0.722. The second-order valence-electron chi connectivity index (χ2n) is 3.43. The Labute approximate surface area is 84.0 Å². The molecule has 0 aliphatic carbocycles. The van der Waals surface area contributed by atoms with Crippen molar-refractivity contribution in [3.05, 3.63) is 42.7 Å². The summed E-state index contributed by atoms with van der Waals surface area (Å²) in [5, 5.41) is 0. The molecule has 0 aliphatic rings. The lowest BCUT2D eigenvalue weighted by Gasteiger charge is -2.07. The minimum Gasteiger partial charge on any atom is -0.348 e. The van der Waals surface area contributed by atoms with Crippen molar-refractivity contribution in [3.8, 4) is 0 Å². The number of aryl methyl sites for hydroxylation is 1. The topological polar surface area (TPSA) is 22.8 Å². The summed E-state index contributed by atoms with van der Waals surface area (Å²) in [4.78, 5) is 4.17. The third-order valence-corrected chi connectivity index (χ3v) is 2.27. The second kappa shape index (κ2) is 4.13. The number of imidazole rings is 1. The Morgan fingerprint density at radius 2 is 2.07 bits per heavy atom. The van der Waals surface area contributed by atoms with Crippen molar-refractivity contribution in [2.24, 2.45) is 0 Å². The van der Waals surface area contributed by atoms with E-state index < -0.39 is 0 Å². The van der Waals surface area contributed by atoms with Gasteiger partial charge in [-0.05, 0) is 18.6 Å². The van der Waals surface area contributed by atoms with E-state index in [2.05, 4.69) is 33.4 Å². The summed E-state index contributed by atoms with van der Waals surface area (Å²) in [7, 11) is 0. The Morgan fingerprint density at radius 1 is 1.29 bits per heavy atom. The van der Waals surface area contributed by atoms with Crippen LogP contribution in [0.3, 0.4) is 0 Å². The van der Waals surface area contributed by atoms with Crippen LogP contribution in [-0.4, -0.2) is 14.1 Å². The van der Waals surface area contributed by atoms with Crippen LogP contribution in [0.25, 0.3) is 0 Å². The van der Waals surface area contributed by atoms with E-state index in [0.717, 1.165) is 19.5 Å². The molecule has 0 fully saturated rings. The monoisotopic (exact) mass is 189 g/mol. The number of rotatable bonds is 4. The van der Waals surface area contributed by atoms with Crippen molar-refractivity contribution in [2.75, 3.05) is 0 Å². The molecule has 3 heteroatoms. The average Bonchev–Trinajstić information content (AvgIpc) is 2.80. The van der Waals surface area contributed by atoms with Crippen molar-refractivity contribution in [2.45, 2.75) is 26.4 Å². The minimum absolute atomic E-state index is 0.910. The van der Waals surface area contributed by atoms with E-state index in [4.69, 9.17) is 0 Å². The fourth-order valence-corrected chi connectivity index (χ4v) is 1.58. The van der Waals surface area contributed by atoms with E-state index in [1.54, 1.807) is 0 Å². The number of hydrogen-bond donors (Lipinski definition) is 0. The van der Waals surface area contributed by atoms with Gasteiger partial charge in [0.05, 0.1) is 18.6 Å². The van der Waals surface area contributed by atoms with Crippen LogP contribution in [0, 0.1) is 0 Å². The van der Waals surface area contributed by atoms with Gasteiger partial charge in [0, 0.05) is 25.1 Å². The maximum absolute atomic E-state index is 4.17. The van der Waals surface area contributed by atoms with Crippen molar-refractivity contribution in [1.29, 1.82) is 0 Å². The van der Waals surface area contributed by atoms with E-state index in [-0.39, 0.29) is 0 Å². The molecule has 0 unspecified atom stereocenters. The zero-order valence-electron chi connectivity index (χ0n) is 8.43. The van der Waals surface area contributed by atoms with Crippen LogP contribution in [0.15, 0.2) is 37.1 Å². The standard InChI is InChI=1S/C11H15N3/c1-2-5-14-10-12-8-11(14)9-13-6-3-4-7-13/h3-4,6-8,10H,2,5,9H2,1H3. The predicted octanol–water partition coefficient (Wildman–Crippen LogP) is 2.14. The van der Waals surface area contributed by atoms with Gasteiger partial charge in [-0.2, -0.15) is 0 Å². The first-order chi connectivity index (χ1) is 6.90. The van der Waals surface area contributed by atoms with Crippen molar-refractivity contribution in [3.63, 3.8) is 0 Å². The Bertz CT molecular complexity index is 373. The number of aromatic nitrogens is 3. The summed E-state index contributed by atoms with van der Waals surface area (Å²) < 4.78 is 4.36. The molecular formula is C11H15N3. The molecule has 2 aromatic rings. The van der Waals surface area contributed by atoms with E-state index in [1.165, 1.54) is 5.69 Å². The Kier molecular flexibility index (Phi) is 2.68. The fraction of sp³-hybridized carbons (Fsp3) is 0.364. The summed E-state index contributed by atoms with van der Waals surface area (Å²) in [6.07, 6.45) is 9.14. The normalized spacial score (nSPS) is 10.6. The first-order valence-electron chi connectivity index (χ1n) is 5.00. The van der Waals surface area contributed by atoms with Gasteiger partial charge in [0.25, 0.3) is 0 Å². The molecule has 2 heterocycles. The second-order valence-corrected chi connectivity index (χ2v) is 3.43. The molecule has 2 aromatic heterocycles. The minimum atomic E-state index is 0.910. The van der Waals surface area contributed by atoms with E-state index >= 15 is 0 Å². The lowest BCUT2D eigenvalue weighted by atomic mass is 10.4. The van der Waals surface area contributed by atoms with Gasteiger partial charge in [-0.3, -0.25) is 0 Å². The zero-order valence-corrected chi connectivity index (χ0v) is 8.43. The molecule has 0 spiro atoms. The molecule has 0 radical (unpaired) electrons. The summed E-state index contributed by atoms with van der Waals surface area (Å²) in [6, 6.07) is 4.08. The van der Waals surface area contributed by atoms with Gasteiger partial charge in [0.1, 0.15) is 0 Å². The maximum Gasteiger partial charge on any atom is 0.0948 e. The van der Waals surface area contributed by atoms with Crippen LogP contribution >= 0.6 is 0 Å². The van der Waals surface area contributed by atoms with Gasteiger partial charge < -0.3 is 9.13 Å². The van der Waals surface area contributed by atoms with Crippen molar-refractivity contribution in [1.82, 2.24) is 14.1 Å². The molecule has 0 amide bonds. The summed E-state index contributed by atoms with van der Waals surface area (Å²) >= 11 is 0. The first kappa shape index (κ1) is 9.06. The molecule has 2 rings (SSSR count). The van der Waals surface area contributed by atoms with Crippen LogP contribution < -0.4 is 0 Å². The lowest BCUT2D eigenvalue weighted by molar-refractivity contribution is 0.624. The Hall–Kier alpha value is -1.51. The van der Waals surface area contributed by atoms with Crippen molar-refractivity contribution >= 4 is 0 Å². The molecule has 0 atom stereocenters. The largest absolute Gasteiger partial charge is 0.348 e. The molecule has 0 aliphatic heterocycles. The maximum atomic E-state index is 4.17. The molecule has 74 valence electrons. The molecular weight excluding hydrogens is 174 g/mol. The Balaban J connectivity index is 2.12. The van der Waals surface area contributed by atoms with Crippen LogP contribution in [0.5, 0.6) is 0 Å². The highest BCUT2D eigenvalue weighted by Gasteiger charge is 2.00. The smallest absolute Gasteiger partial charge is 0.0948 e. The van der Waals surface area contributed by atoms with Crippen LogP contribution in [-0.2, 0) is 13.1 Å². The van der Waals surface area contributed by atoms with E-state index in [9.17, 15) is 0 Å². The molecule has 14 heavy (non-hydrogen) atoms. The van der Waals surface area contributed by atoms with Crippen LogP contribution in [0.1, 0.15) is 19.0 Å². The lowest BCUT2D eigenvalue weighted by Crippen LogP contribution is -2.05. The molecule has 0 N–H and O–H groups in total. The van der Waals surface area contributed by atoms with Crippen LogP contribution in [0.2, 0.25) is 0 Å². The van der Waals surface area contributed by atoms with Gasteiger partial charge in [-0.25, -0.2) is 4.98 Å². The van der Waals surface area contributed by atoms with Gasteiger partial charge in [-0.1, -0.05) is 6.92 Å². The SMILES string of the molecule is CCCn1cncc1Cn1cccc1. The van der Waals surface area contributed by atoms with E-state index in [0.29, 0.717) is 0 Å². The molecule has 0 bridgehead atoms. The number of hydrogen-bond acceptors (Lipinski definition) is 1. The zero-order chi connectivity index (χ0) is 9.80. The summed E-state index contributed by atoms with van der Waals surface area (Å²) in [5.41, 5.74) is 1.27. The highest BCUT2D eigenvalue weighted by atomic mass is 15.1. The third-order valence-electron chi connectivity index (χ3n) is 2.27. The third kappa shape index (κ3) is 1.87. The molecule has 0 saturated heterocycles. The average molecular weight is 189 g/mol. The van der Waals surface area contributed by atoms with Crippen LogP contribution in [0.4, 0.5) is 0 Å². The first-order valence-corrected chi connectivity index (χ1v) is 5.00. The van der Waals surface area contributed by atoms with Gasteiger partial charge >= 0.3 is 0 Å². The van der Waals surface area contributed by atoms with Gasteiger partial charge in [-0.15, -0.1) is 0 Å². The van der Waals surface area contributed by atoms with Gasteiger partial charge in [0.15, 0.2) is 0 Å². The highest BCUT2D eigenvalue weighted by molar-refractivity contribution is 5.02. The van der Waals surface area contributed by atoms with Gasteiger partial charge in [0.2, 0.25) is 0 Å². The van der Waals surface area contributed by atoms with Crippen molar-refractivity contribution < 1.29 is 0 Å². The molecule has 3 nitrogen and oxygen atoms in total. The molecule has 0 aromatic carbocycles. The summed E-state index contributed by atoms with van der Waals surface area (Å²) in [6.45, 7) is 4.14. The molecule has 0 saturated carbocycles. The fourth-order valence-electron chi connectivity index (χ4n) is 1.58.